The zero-order valence-corrected chi connectivity index (χ0v) is 8.94. The minimum absolute atomic E-state index is 0.276. The van der Waals surface area contributed by atoms with E-state index < -0.39 is 21.2 Å². The SMILES string of the molecule is O=S(=O)(c1ccccc1)[C@H]1CNC[C@@H]1O. The maximum absolute atomic E-state index is 12.0. The predicted octanol–water partition coefficient (Wildman–Crippen LogP) is -0.207. The average molecular weight is 227 g/mol. The van der Waals surface area contributed by atoms with Crippen molar-refractivity contribution in [3.63, 3.8) is 0 Å². The van der Waals surface area contributed by atoms with Gasteiger partial charge in [-0.2, -0.15) is 0 Å². The van der Waals surface area contributed by atoms with Gasteiger partial charge in [0.25, 0.3) is 0 Å². The van der Waals surface area contributed by atoms with E-state index in [1.165, 1.54) is 0 Å². The number of aliphatic hydroxyl groups is 1. The Morgan fingerprint density at radius 2 is 1.87 bits per heavy atom. The quantitative estimate of drug-likeness (QED) is 0.734. The number of nitrogens with one attached hydrogen (secondary N) is 1. The third-order valence-corrected chi connectivity index (χ3v) is 4.81. The van der Waals surface area contributed by atoms with Gasteiger partial charge in [0.2, 0.25) is 0 Å². The van der Waals surface area contributed by atoms with Crippen LogP contribution in [0, 0.1) is 0 Å². The molecule has 0 saturated carbocycles. The fraction of sp³-hybridized carbons (Fsp3) is 0.400. The molecule has 1 aromatic carbocycles. The second-order valence-corrected chi connectivity index (χ2v) is 5.79. The molecule has 0 aliphatic carbocycles. The zero-order chi connectivity index (χ0) is 10.9. The fourth-order valence-electron chi connectivity index (χ4n) is 1.74. The van der Waals surface area contributed by atoms with Crippen LogP contribution in [0.2, 0.25) is 0 Å². The van der Waals surface area contributed by atoms with Gasteiger partial charge < -0.3 is 10.4 Å². The summed E-state index contributed by atoms with van der Waals surface area (Å²) in [5.41, 5.74) is 0. The summed E-state index contributed by atoms with van der Waals surface area (Å²) in [6, 6.07) is 8.24. The van der Waals surface area contributed by atoms with Crippen molar-refractivity contribution >= 4 is 9.84 Å². The van der Waals surface area contributed by atoms with E-state index in [1.54, 1.807) is 30.3 Å². The van der Waals surface area contributed by atoms with Crippen molar-refractivity contribution < 1.29 is 13.5 Å². The van der Waals surface area contributed by atoms with Gasteiger partial charge in [-0.05, 0) is 12.1 Å². The topological polar surface area (TPSA) is 66.4 Å². The molecule has 5 heteroatoms. The first kappa shape index (κ1) is 10.6. The predicted molar refractivity (Wildman–Crippen MR) is 56.3 cm³/mol. The maximum Gasteiger partial charge on any atom is 0.185 e. The molecule has 82 valence electrons. The van der Waals surface area contributed by atoms with Crippen LogP contribution in [0.15, 0.2) is 35.2 Å². The molecule has 1 saturated heterocycles. The summed E-state index contributed by atoms with van der Waals surface area (Å²) in [4.78, 5) is 0.276. The van der Waals surface area contributed by atoms with E-state index in [4.69, 9.17) is 0 Å². The Labute approximate surface area is 88.9 Å². The number of rotatable bonds is 2. The van der Waals surface area contributed by atoms with Crippen LogP contribution in [0.1, 0.15) is 0 Å². The van der Waals surface area contributed by atoms with Gasteiger partial charge in [0, 0.05) is 13.1 Å². The van der Waals surface area contributed by atoms with Crippen molar-refractivity contribution in [2.75, 3.05) is 13.1 Å². The molecule has 0 bridgehead atoms. The maximum atomic E-state index is 12.0. The average Bonchev–Trinajstić information content (AvgIpc) is 2.66. The van der Waals surface area contributed by atoms with Crippen molar-refractivity contribution in [2.45, 2.75) is 16.2 Å². The van der Waals surface area contributed by atoms with Gasteiger partial charge in [-0.15, -0.1) is 0 Å². The standard InChI is InChI=1S/C10H13NO3S/c12-9-6-11-7-10(9)15(13,14)8-4-2-1-3-5-8/h1-5,9-12H,6-7H2/t9-,10-/m0/s1. The van der Waals surface area contributed by atoms with Gasteiger partial charge in [0.15, 0.2) is 9.84 Å². The van der Waals surface area contributed by atoms with Gasteiger partial charge in [0.05, 0.1) is 11.0 Å². The van der Waals surface area contributed by atoms with Crippen LogP contribution in [0.4, 0.5) is 0 Å². The van der Waals surface area contributed by atoms with E-state index in [-0.39, 0.29) is 4.90 Å². The number of sulfone groups is 1. The molecule has 1 aliphatic heterocycles. The molecule has 2 N–H and O–H groups in total. The Morgan fingerprint density at radius 3 is 2.40 bits per heavy atom. The number of hydrogen-bond acceptors (Lipinski definition) is 4. The van der Waals surface area contributed by atoms with Crippen LogP contribution in [0.25, 0.3) is 0 Å². The summed E-state index contributed by atoms with van der Waals surface area (Å²) < 4.78 is 24.1. The Balaban J connectivity index is 2.35. The highest BCUT2D eigenvalue weighted by Crippen LogP contribution is 2.20. The Bertz CT molecular complexity index is 429. The van der Waals surface area contributed by atoms with Gasteiger partial charge in [-0.1, -0.05) is 18.2 Å². The molecule has 1 fully saturated rings. The largest absolute Gasteiger partial charge is 0.390 e. The van der Waals surface area contributed by atoms with E-state index in [2.05, 4.69) is 5.32 Å². The van der Waals surface area contributed by atoms with E-state index in [1.807, 2.05) is 0 Å². The molecule has 15 heavy (non-hydrogen) atoms. The molecular formula is C10H13NO3S. The molecule has 2 atom stereocenters. The molecule has 1 aliphatic rings. The van der Waals surface area contributed by atoms with E-state index in [9.17, 15) is 13.5 Å². The summed E-state index contributed by atoms with van der Waals surface area (Å²) >= 11 is 0. The number of hydrogen-bond donors (Lipinski definition) is 2. The molecule has 0 spiro atoms. The van der Waals surface area contributed by atoms with Crippen molar-refractivity contribution in [3.05, 3.63) is 30.3 Å². The third kappa shape index (κ3) is 1.90. The van der Waals surface area contributed by atoms with Crippen LogP contribution in [0.3, 0.4) is 0 Å². The van der Waals surface area contributed by atoms with Crippen LogP contribution >= 0.6 is 0 Å². The number of aliphatic hydroxyl groups excluding tert-OH is 1. The highest BCUT2D eigenvalue weighted by Gasteiger charge is 2.37. The summed E-state index contributed by atoms with van der Waals surface area (Å²) in [7, 11) is -3.40. The van der Waals surface area contributed by atoms with Crippen molar-refractivity contribution in [2.24, 2.45) is 0 Å². The minimum atomic E-state index is -3.40. The lowest BCUT2D eigenvalue weighted by atomic mass is 10.3. The Kier molecular flexibility index (Phi) is 2.77. The van der Waals surface area contributed by atoms with Gasteiger partial charge >= 0.3 is 0 Å². The molecule has 0 radical (unpaired) electrons. The molecule has 4 nitrogen and oxygen atoms in total. The molecule has 1 aromatic rings. The lowest BCUT2D eigenvalue weighted by molar-refractivity contribution is 0.198. The molecule has 1 heterocycles. The molecule has 0 unspecified atom stereocenters. The minimum Gasteiger partial charge on any atom is -0.390 e. The van der Waals surface area contributed by atoms with E-state index in [0.29, 0.717) is 13.1 Å². The molecule has 2 rings (SSSR count). The van der Waals surface area contributed by atoms with E-state index in [0.717, 1.165) is 0 Å². The first-order valence-electron chi connectivity index (χ1n) is 4.80. The zero-order valence-electron chi connectivity index (χ0n) is 8.13. The normalized spacial score (nSPS) is 26.7. The van der Waals surface area contributed by atoms with Gasteiger partial charge in [0.1, 0.15) is 5.25 Å². The third-order valence-electron chi connectivity index (χ3n) is 2.60. The van der Waals surface area contributed by atoms with Crippen molar-refractivity contribution in [1.29, 1.82) is 0 Å². The second-order valence-electron chi connectivity index (χ2n) is 3.62. The number of β-amino-alcohol motifs (C(OH)–C–C–N with tert-alkyl or cyclic N) is 1. The van der Waals surface area contributed by atoms with E-state index >= 15 is 0 Å². The van der Waals surface area contributed by atoms with Crippen LogP contribution in [0.5, 0.6) is 0 Å². The monoisotopic (exact) mass is 227 g/mol. The van der Waals surface area contributed by atoms with Crippen LogP contribution in [-0.2, 0) is 9.84 Å². The first-order chi connectivity index (χ1) is 7.12. The van der Waals surface area contributed by atoms with Crippen LogP contribution in [-0.4, -0.2) is 38.0 Å². The smallest absolute Gasteiger partial charge is 0.185 e. The highest BCUT2D eigenvalue weighted by molar-refractivity contribution is 7.92. The lowest BCUT2D eigenvalue weighted by Crippen LogP contribution is -2.32. The summed E-state index contributed by atoms with van der Waals surface area (Å²) in [5.74, 6) is 0. The highest BCUT2D eigenvalue weighted by atomic mass is 32.2. The summed E-state index contributed by atoms with van der Waals surface area (Å²) in [5, 5.41) is 11.7. The van der Waals surface area contributed by atoms with Crippen molar-refractivity contribution in [1.82, 2.24) is 5.32 Å². The lowest BCUT2D eigenvalue weighted by Gasteiger charge is -2.14. The van der Waals surface area contributed by atoms with Gasteiger partial charge in [-0.25, -0.2) is 8.42 Å². The molecule has 0 aromatic heterocycles. The first-order valence-corrected chi connectivity index (χ1v) is 6.35. The van der Waals surface area contributed by atoms with Gasteiger partial charge in [-0.3, -0.25) is 0 Å². The summed E-state index contributed by atoms with van der Waals surface area (Å²) in [6.07, 6.45) is -0.810. The fourth-order valence-corrected chi connectivity index (χ4v) is 3.48. The molecule has 0 amide bonds. The van der Waals surface area contributed by atoms with Crippen LogP contribution < -0.4 is 5.32 Å². The molecular weight excluding hydrogens is 214 g/mol. The Morgan fingerprint density at radius 1 is 1.20 bits per heavy atom. The summed E-state index contributed by atoms with van der Waals surface area (Å²) in [6.45, 7) is 0.662. The number of benzene rings is 1. The second kappa shape index (κ2) is 3.92. The van der Waals surface area contributed by atoms with Crippen molar-refractivity contribution in [3.8, 4) is 0 Å². The Hall–Kier alpha value is -0.910.